The van der Waals surface area contributed by atoms with Crippen LogP contribution in [-0.2, 0) is 6.42 Å². The molecule has 0 saturated heterocycles. The Balaban J connectivity index is 2.01. The van der Waals surface area contributed by atoms with Gasteiger partial charge in [-0.15, -0.1) is 0 Å². The van der Waals surface area contributed by atoms with Crippen LogP contribution in [0.15, 0.2) is 24.3 Å². The van der Waals surface area contributed by atoms with Gasteiger partial charge in [-0.3, -0.25) is 0 Å². The van der Waals surface area contributed by atoms with Crippen molar-refractivity contribution in [3.05, 3.63) is 29.8 Å². The molecule has 21 heavy (non-hydrogen) atoms. The van der Waals surface area contributed by atoms with E-state index >= 15 is 0 Å². The molecule has 0 aromatic heterocycles. The lowest BCUT2D eigenvalue weighted by Gasteiger charge is -2.26. The Bertz CT molecular complexity index is 416. The highest BCUT2D eigenvalue weighted by Gasteiger charge is 2.24. The van der Waals surface area contributed by atoms with Crippen LogP contribution in [0.3, 0.4) is 0 Å². The van der Waals surface area contributed by atoms with E-state index in [1.54, 1.807) is 7.11 Å². The molecule has 2 unspecified atom stereocenters. The first-order valence-corrected chi connectivity index (χ1v) is 8.55. The second-order valence-electron chi connectivity index (χ2n) is 6.78. The Kier molecular flexibility index (Phi) is 6.56. The zero-order valence-electron chi connectivity index (χ0n) is 13.9. The van der Waals surface area contributed by atoms with Crippen molar-refractivity contribution in [2.45, 2.75) is 58.4 Å². The summed E-state index contributed by atoms with van der Waals surface area (Å²) in [6, 6.07) is 9.20. The van der Waals surface area contributed by atoms with Gasteiger partial charge in [0.2, 0.25) is 0 Å². The van der Waals surface area contributed by atoms with Gasteiger partial charge in [0.25, 0.3) is 0 Å². The first-order valence-electron chi connectivity index (χ1n) is 8.55. The van der Waals surface area contributed by atoms with Crippen molar-refractivity contribution in [3.8, 4) is 5.75 Å². The normalized spacial score (nSPS) is 23.0. The molecular weight excluding hydrogens is 258 g/mol. The molecule has 1 saturated carbocycles. The number of nitrogens with one attached hydrogen (secondary N) is 1. The summed E-state index contributed by atoms with van der Waals surface area (Å²) in [6.07, 6.45) is 8.16. The number of ether oxygens (including phenoxy) is 1. The van der Waals surface area contributed by atoms with Gasteiger partial charge in [0.05, 0.1) is 7.11 Å². The van der Waals surface area contributed by atoms with Crippen molar-refractivity contribution >= 4 is 0 Å². The van der Waals surface area contributed by atoms with Crippen LogP contribution in [-0.4, -0.2) is 19.7 Å². The van der Waals surface area contributed by atoms with Gasteiger partial charge in [0.15, 0.2) is 0 Å². The van der Waals surface area contributed by atoms with E-state index in [4.69, 9.17) is 4.74 Å². The molecule has 1 aliphatic carbocycles. The Morgan fingerprint density at radius 3 is 2.62 bits per heavy atom. The van der Waals surface area contributed by atoms with E-state index in [0.717, 1.165) is 17.6 Å². The predicted octanol–water partition coefficient (Wildman–Crippen LogP) is 4.43. The summed E-state index contributed by atoms with van der Waals surface area (Å²) in [5.74, 6) is 2.62. The van der Waals surface area contributed by atoms with Gasteiger partial charge >= 0.3 is 0 Å². The summed E-state index contributed by atoms with van der Waals surface area (Å²) in [4.78, 5) is 0. The summed E-state index contributed by atoms with van der Waals surface area (Å²) in [6.45, 7) is 5.66. The number of rotatable bonds is 6. The van der Waals surface area contributed by atoms with E-state index in [0.29, 0.717) is 6.04 Å². The molecule has 2 nitrogen and oxygen atoms in total. The molecule has 0 radical (unpaired) electrons. The first kappa shape index (κ1) is 16.4. The van der Waals surface area contributed by atoms with Gasteiger partial charge in [-0.2, -0.15) is 0 Å². The quantitative estimate of drug-likeness (QED) is 0.782. The van der Waals surface area contributed by atoms with Crippen molar-refractivity contribution in [3.63, 3.8) is 0 Å². The average molecular weight is 289 g/mol. The second-order valence-corrected chi connectivity index (χ2v) is 6.78. The van der Waals surface area contributed by atoms with Gasteiger partial charge in [0, 0.05) is 6.04 Å². The summed E-state index contributed by atoms with van der Waals surface area (Å²) in [5, 5.41) is 3.66. The van der Waals surface area contributed by atoms with Crippen molar-refractivity contribution in [1.82, 2.24) is 5.32 Å². The number of methoxy groups -OCH3 is 1. The molecule has 0 bridgehead atoms. The minimum absolute atomic E-state index is 0.589. The van der Waals surface area contributed by atoms with Crippen LogP contribution < -0.4 is 10.1 Å². The van der Waals surface area contributed by atoms with Gasteiger partial charge in [-0.25, -0.2) is 0 Å². The molecule has 1 N–H and O–H groups in total. The van der Waals surface area contributed by atoms with Crippen LogP contribution in [0.4, 0.5) is 0 Å². The van der Waals surface area contributed by atoms with Crippen molar-refractivity contribution in [1.29, 1.82) is 0 Å². The van der Waals surface area contributed by atoms with E-state index in [2.05, 4.69) is 37.4 Å². The molecule has 0 amide bonds. The Labute approximate surface area is 130 Å². The van der Waals surface area contributed by atoms with Crippen molar-refractivity contribution in [2.75, 3.05) is 13.7 Å². The maximum atomic E-state index is 5.36. The smallest absolute Gasteiger partial charge is 0.119 e. The fourth-order valence-electron chi connectivity index (χ4n) is 3.49. The maximum Gasteiger partial charge on any atom is 0.119 e. The average Bonchev–Trinajstić information content (AvgIpc) is 2.70. The number of benzene rings is 1. The summed E-state index contributed by atoms with van der Waals surface area (Å²) >= 11 is 0. The van der Waals surface area contributed by atoms with E-state index in [1.807, 2.05) is 6.07 Å². The molecule has 0 heterocycles. The van der Waals surface area contributed by atoms with Crippen molar-refractivity contribution < 1.29 is 4.74 Å². The predicted molar refractivity (Wildman–Crippen MR) is 89.9 cm³/mol. The number of hydrogen-bond acceptors (Lipinski definition) is 2. The molecule has 1 aromatic carbocycles. The lowest BCUT2D eigenvalue weighted by atomic mass is 9.83. The molecule has 2 rings (SSSR count). The van der Waals surface area contributed by atoms with Crippen molar-refractivity contribution in [2.24, 2.45) is 11.8 Å². The van der Waals surface area contributed by atoms with Crippen LogP contribution in [0.25, 0.3) is 0 Å². The highest BCUT2D eigenvalue weighted by Crippen LogP contribution is 2.31. The first-order chi connectivity index (χ1) is 10.2. The van der Waals surface area contributed by atoms with Crippen LogP contribution in [0.5, 0.6) is 5.75 Å². The zero-order valence-corrected chi connectivity index (χ0v) is 13.9. The van der Waals surface area contributed by atoms with Gasteiger partial charge in [-0.05, 0) is 55.3 Å². The lowest BCUT2D eigenvalue weighted by molar-refractivity contribution is 0.291. The maximum absolute atomic E-state index is 5.36. The van der Waals surface area contributed by atoms with Gasteiger partial charge in [0.1, 0.15) is 5.75 Å². The minimum Gasteiger partial charge on any atom is -0.497 e. The molecule has 1 aromatic rings. The topological polar surface area (TPSA) is 21.3 Å². The van der Waals surface area contributed by atoms with E-state index in [9.17, 15) is 0 Å². The van der Waals surface area contributed by atoms with Crippen LogP contribution in [0, 0.1) is 11.8 Å². The van der Waals surface area contributed by atoms with E-state index < -0.39 is 0 Å². The second kappa shape index (κ2) is 8.43. The van der Waals surface area contributed by atoms with Gasteiger partial charge in [-0.1, -0.05) is 45.2 Å². The Hall–Kier alpha value is -1.02. The SMILES string of the molecule is COc1cccc(CC2CCCCCC2CNC(C)C)c1. The zero-order chi connectivity index (χ0) is 15.1. The van der Waals surface area contributed by atoms with E-state index in [-0.39, 0.29) is 0 Å². The van der Waals surface area contributed by atoms with E-state index in [1.165, 1.54) is 50.6 Å². The third kappa shape index (κ3) is 5.35. The number of hydrogen-bond donors (Lipinski definition) is 1. The lowest BCUT2D eigenvalue weighted by Crippen LogP contribution is -2.33. The molecule has 1 fully saturated rings. The highest BCUT2D eigenvalue weighted by atomic mass is 16.5. The molecule has 118 valence electrons. The molecule has 0 aliphatic heterocycles. The Morgan fingerprint density at radius 1 is 1.14 bits per heavy atom. The van der Waals surface area contributed by atoms with Crippen LogP contribution in [0.1, 0.15) is 51.5 Å². The standard InChI is InChI=1S/C19H31NO/c1-15(2)20-14-18-10-6-4-5-9-17(18)12-16-8-7-11-19(13-16)21-3/h7-8,11,13,15,17-18,20H,4-6,9-10,12,14H2,1-3H3. The van der Waals surface area contributed by atoms with Crippen LogP contribution >= 0.6 is 0 Å². The van der Waals surface area contributed by atoms with Crippen LogP contribution in [0.2, 0.25) is 0 Å². The summed E-state index contributed by atoms with van der Waals surface area (Å²) in [7, 11) is 1.75. The molecule has 2 heteroatoms. The highest BCUT2D eigenvalue weighted by molar-refractivity contribution is 5.28. The molecular formula is C19H31NO. The summed E-state index contributed by atoms with van der Waals surface area (Å²) < 4.78 is 5.36. The molecule has 1 aliphatic rings. The fraction of sp³-hybridized carbons (Fsp3) is 0.684. The largest absolute Gasteiger partial charge is 0.497 e. The van der Waals surface area contributed by atoms with Gasteiger partial charge < -0.3 is 10.1 Å². The summed E-state index contributed by atoms with van der Waals surface area (Å²) in [5.41, 5.74) is 1.43. The third-order valence-corrected chi connectivity index (χ3v) is 4.74. The fourth-order valence-corrected chi connectivity index (χ4v) is 3.49. The Morgan fingerprint density at radius 2 is 1.90 bits per heavy atom. The molecule has 2 atom stereocenters. The third-order valence-electron chi connectivity index (χ3n) is 4.74. The minimum atomic E-state index is 0.589. The monoisotopic (exact) mass is 289 g/mol. The molecule has 0 spiro atoms.